The van der Waals surface area contributed by atoms with Gasteiger partial charge >= 0.3 is 0 Å². The first-order valence-corrected chi connectivity index (χ1v) is 3.34. The van der Waals surface area contributed by atoms with Crippen molar-refractivity contribution in [2.75, 3.05) is 5.33 Å². The Kier molecular flexibility index (Phi) is 4.17. The van der Waals surface area contributed by atoms with Crippen molar-refractivity contribution in [1.82, 2.24) is 0 Å². The summed E-state index contributed by atoms with van der Waals surface area (Å²) in [7, 11) is 0. The average Bonchev–Trinajstić information content (AvgIpc) is 1.61. The summed E-state index contributed by atoms with van der Waals surface area (Å²) >= 11 is 3.25. The lowest BCUT2D eigenvalue weighted by Gasteiger charge is -1.72. The van der Waals surface area contributed by atoms with Crippen LogP contribution in [-0.2, 0) is 0 Å². The topological polar surface area (TPSA) is 0 Å². The van der Waals surface area contributed by atoms with Gasteiger partial charge in [0.05, 0.1) is 0 Å². The van der Waals surface area contributed by atoms with Gasteiger partial charge in [0.1, 0.15) is 0 Å². The molecule has 0 atom stereocenters. The van der Waals surface area contributed by atoms with E-state index in [0.29, 0.717) is 0 Å². The van der Waals surface area contributed by atoms with Crippen LogP contribution in [0.3, 0.4) is 0 Å². The molecule has 0 aliphatic carbocycles. The van der Waals surface area contributed by atoms with E-state index in [4.69, 9.17) is 0 Å². The molecule has 0 bridgehead atoms. The minimum Gasteiger partial charge on any atom is -0.126 e. The molecule has 0 fully saturated rings. The predicted octanol–water partition coefficient (Wildman–Crippen LogP) is 2.50. The van der Waals surface area contributed by atoms with Gasteiger partial charge in [-0.1, -0.05) is 15.9 Å². The van der Waals surface area contributed by atoms with E-state index in [9.17, 15) is 0 Å². The Morgan fingerprint density at radius 3 is 2.43 bits per heavy atom. The number of allylic oxidation sites excluding steroid dienone is 1. The zero-order valence-electron chi connectivity index (χ0n) is 4.66. The Bertz CT molecular complexity index is 92.7. The van der Waals surface area contributed by atoms with Crippen LogP contribution in [0.25, 0.3) is 0 Å². The Hall–Kier alpha value is 0. The van der Waals surface area contributed by atoms with Crippen LogP contribution >= 0.6 is 15.9 Å². The predicted molar refractivity (Wildman–Crippen MR) is 36.7 cm³/mol. The highest BCUT2D eigenvalue weighted by atomic mass is 79.9. The second-order valence-corrected chi connectivity index (χ2v) is 2.15. The monoisotopic (exact) mass is 160 g/mol. The lowest BCUT2D eigenvalue weighted by molar-refractivity contribution is 1.40. The number of alkyl halides is 1. The largest absolute Gasteiger partial charge is 0.126 e. The third kappa shape index (κ3) is 6.00. The fourth-order valence-electron chi connectivity index (χ4n) is 0.243. The van der Waals surface area contributed by atoms with Crippen LogP contribution < -0.4 is 0 Å². The number of hydrogen-bond donors (Lipinski definition) is 0. The summed E-state index contributed by atoms with van der Waals surface area (Å²) in [6.07, 6.45) is 1.95. The Morgan fingerprint density at radius 2 is 2.29 bits per heavy atom. The summed E-state index contributed by atoms with van der Waals surface area (Å²) in [5, 5.41) is 0.901. The Balaban J connectivity index is 3.62. The third-order valence-corrected chi connectivity index (χ3v) is 0.792. The van der Waals surface area contributed by atoms with Gasteiger partial charge in [-0.3, -0.25) is 0 Å². The number of hydrogen-bond acceptors (Lipinski definition) is 0. The first-order chi connectivity index (χ1) is 3.27. The molecule has 0 aromatic rings. The lowest BCUT2D eigenvalue weighted by atomic mass is 10.4. The minimum absolute atomic E-state index is 0.901. The van der Waals surface area contributed by atoms with E-state index in [0.717, 1.165) is 5.33 Å². The average molecular weight is 161 g/mol. The Labute approximate surface area is 53.1 Å². The molecule has 0 spiro atoms. The van der Waals surface area contributed by atoms with Crippen LogP contribution in [0.5, 0.6) is 0 Å². The molecule has 0 aliphatic rings. The maximum atomic E-state index is 3.25. The molecular weight excluding hydrogens is 152 g/mol. The summed E-state index contributed by atoms with van der Waals surface area (Å²) in [6, 6.07) is 0. The SMILES string of the molecule is CC(C)=C=CCBr. The molecule has 0 unspecified atom stereocenters. The molecule has 1 heteroatoms. The van der Waals surface area contributed by atoms with Gasteiger partial charge in [0.15, 0.2) is 0 Å². The van der Waals surface area contributed by atoms with Crippen molar-refractivity contribution >= 4 is 15.9 Å². The van der Waals surface area contributed by atoms with E-state index in [1.807, 2.05) is 19.9 Å². The first kappa shape index (κ1) is 7.00. The van der Waals surface area contributed by atoms with Crippen LogP contribution in [-0.4, -0.2) is 5.33 Å². The number of rotatable bonds is 1. The van der Waals surface area contributed by atoms with Gasteiger partial charge < -0.3 is 0 Å². The van der Waals surface area contributed by atoms with Crippen molar-refractivity contribution in [3.8, 4) is 0 Å². The van der Waals surface area contributed by atoms with Gasteiger partial charge in [-0.15, -0.1) is 5.73 Å². The molecule has 0 saturated carbocycles. The summed E-state index contributed by atoms with van der Waals surface area (Å²) in [6.45, 7) is 4.05. The van der Waals surface area contributed by atoms with Gasteiger partial charge in [0, 0.05) is 5.33 Å². The summed E-state index contributed by atoms with van der Waals surface area (Å²) < 4.78 is 0. The number of halogens is 1. The van der Waals surface area contributed by atoms with Crippen molar-refractivity contribution in [1.29, 1.82) is 0 Å². The van der Waals surface area contributed by atoms with Crippen molar-refractivity contribution in [2.45, 2.75) is 13.8 Å². The Morgan fingerprint density at radius 1 is 1.71 bits per heavy atom. The van der Waals surface area contributed by atoms with Crippen LogP contribution in [0.1, 0.15) is 13.8 Å². The smallest absolute Gasteiger partial charge is 0.0287 e. The van der Waals surface area contributed by atoms with Gasteiger partial charge in [0.2, 0.25) is 0 Å². The maximum Gasteiger partial charge on any atom is 0.0287 e. The van der Waals surface area contributed by atoms with Gasteiger partial charge in [-0.25, -0.2) is 0 Å². The highest BCUT2D eigenvalue weighted by Gasteiger charge is 1.64. The van der Waals surface area contributed by atoms with Crippen LogP contribution in [0, 0.1) is 0 Å². The van der Waals surface area contributed by atoms with Crippen molar-refractivity contribution < 1.29 is 0 Å². The molecule has 0 aromatic carbocycles. The van der Waals surface area contributed by atoms with Gasteiger partial charge in [-0.2, -0.15) is 0 Å². The molecular formula is C6H9Br. The summed E-state index contributed by atoms with van der Waals surface area (Å²) in [4.78, 5) is 0. The molecule has 7 heavy (non-hydrogen) atoms. The fraction of sp³-hybridized carbons (Fsp3) is 0.500. The molecule has 0 radical (unpaired) electrons. The van der Waals surface area contributed by atoms with Crippen LogP contribution in [0.15, 0.2) is 17.4 Å². The zero-order valence-corrected chi connectivity index (χ0v) is 6.25. The van der Waals surface area contributed by atoms with E-state index < -0.39 is 0 Å². The molecule has 0 aliphatic heterocycles. The third-order valence-electron chi connectivity index (χ3n) is 0.468. The van der Waals surface area contributed by atoms with E-state index in [1.54, 1.807) is 0 Å². The van der Waals surface area contributed by atoms with E-state index in [2.05, 4.69) is 21.7 Å². The zero-order chi connectivity index (χ0) is 5.70. The molecule has 0 N–H and O–H groups in total. The quantitative estimate of drug-likeness (QED) is 0.409. The van der Waals surface area contributed by atoms with Gasteiger partial charge in [0.25, 0.3) is 0 Å². The molecule has 0 aromatic heterocycles. The first-order valence-electron chi connectivity index (χ1n) is 2.21. The molecule has 40 valence electrons. The van der Waals surface area contributed by atoms with Crippen molar-refractivity contribution in [3.05, 3.63) is 17.4 Å². The molecule has 0 heterocycles. The normalized spacial score (nSPS) is 7.29. The van der Waals surface area contributed by atoms with E-state index in [-0.39, 0.29) is 0 Å². The standard InChI is InChI=1S/C6H9Br/c1-6(2)4-3-5-7/h3H,5H2,1-2H3. The fourth-order valence-corrected chi connectivity index (χ4v) is 0.405. The van der Waals surface area contributed by atoms with E-state index >= 15 is 0 Å². The lowest BCUT2D eigenvalue weighted by Crippen LogP contribution is -1.56. The van der Waals surface area contributed by atoms with E-state index in [1.165, 1.54) is 5.57 Å². The molecule has 0 amide bonds. The van der Waals surface area contributed by atoms with Gasteiger partial charge in [-0.05, 0) is 25.5 Å². The second kappa shape index (κ2) is 4.17. The highest BCUT2D eigenvalue weighted by Crippen LogP contribution is 1.84. The van der Waals surface area contributed by atoms with Crippen molar-refractivity contribution in [3.63, 3.8) is 0 Å². The van der Waals surface area contributed by atoms with Crippen molar-refractivity contribution in [2.24, 2.45) is 0 Å². The molecule has 0 nitrogen and oxygen atoms in total. The summed E-state index contributed by atoms with van der Waals surface area (Å²) in [5.41, 5.74) is 4.26. The maximum absolute atomic E-state index is 3.25. The minimum atomic E-state index is 0.901. The van der Waals surface area contributed by atoms with Crippen LogP contribution in [0.4, 0.5) is 0 Å². The van der Waals surface area contributed by atoms with Crippen LogP contribution in [0.2, 0.25) is 0 Å². The summed E-state index contributed by atoms with van der Waals surface area (Å²) in [5.74, 6) is 0. The molecule has 0 saturated heterocycles. The second-order valence-electron chi connectivity index (χ2n) is 1.50. The molecule has 0 rings (SSSR count). The highest BCUT2D eigenvalue weighted by molar-refractivity contribution is 9.09.